The average molecular weight is 442 g/mol. The maximum Gasteiger partial charge on any atom is 0.323 e. The Balaban J connectivity index is 1.44. The number of halogens is 2. The highest BCUT2D eigenvalue weighted by atomic mass is 19.1. The van der Waals surface area contributed by atoms with Gasteiger partial charge >= 0.3 is 6.03 Å². The highest BCUT2D eigenvalue weighted by Crippen LogP contribution is 2.27. The summed E-state index contributed by atoms with van der Waals surface area (Å²) in [6.45, 7) is 0. The molecule has 0 saturated heterocycles. The maximum absolute atomic E-state index is 15.2. The molecule has 0 aliphatic carbocycles. The van der Waals surface area contributed by atoms with E-state index in [9.17, 15) is 14.0 Å². The lowest BCUT2D eigenvalue weighted by atomic mass is 10.0. The summed E-state index contributed by atoms with van der Waals surface area (Å²) in [6.07, 6.45) is 2.89. The number of nitrogens with zero attached hydrogens (tertiary/aromatic N) is 1. The molecule has 5 aromatic rings. The summed E-state index contributed by atoms with van der Waals surface area (Å²) in [4.78, 5) is 32.4. The Bertz CT molecular complexity index is 1540. The lowest BCUT2D eigenvalue weighted by molar-refractivity contribution is 0.103. The van der Waals surface area contributed by atoms with E-state index in [4.69, 9.17) is 0 Å². The fraction of sp³-hybridized carbons (Fsp3) is 0. The van der Waals surface area contributed by atoms with Crippen LogP contribution in [0.4, 0.5) is 25.0 Å². The van der Waals surface area contributed by atoms with Crippen molar-refractivity contribution in [3.05, 3.63) is 102 Å². The molecule has 0 saturated carbocycles. The van der Waals surface area contributed by atoms with Gasteiger partial charge < -0.3 is 15.6 Å². The normalized spacial score (nSPS) is 11.0. The van der Waals surface area contributed by atoms with Gasteiger partial charge in [0.2, 0.25) is 5.78 Å². The van der Waals surface area contributed by atoms with Crippen LogP contribution in [-0.2, 0) is 0 Å². The second kappa shape index (κ2) is 8.16. The fourth-order valence-corrected chi connectivity index (χ4v) is 3.75. The number of carbonyl (C=O) groups excluding carboxylic acids is 2. The van der Waals surface area contributed by atoms with E-state index in [0.717, 1.165) is 22.9 Å². The van der Waals surface area contributed by atoms with Crippen molar-refractivity contribution in [1.29, 1.82) is 0 Å². The summed E-state index contributed by atoms with van der Waals surface area (Å²) >= 11 is 0. The first-order chi connectivity index (χ1) is 16.0. The highest BCUT2D eigenvalue weighted by molar-refractivity contribution is 6.17. The summed E-state index contributed by atoms with van der Waals surface area (Å²) in [6, 6.07) is 17.4. The molecule has 0 atom stereocenters. The van der Waals surface area contributed by atoms with Crippen LogP contribution in [-0.4, -0.2) is 21.8 Å². The number of pyridine rings is 1. The third kappa shape index (κ3) is 3.67. The molecule has 0 aliphatic heterocycles. The molecule has 8 heteroatoms. The number of benzene rings is 3. The zero-order valence-corrected chi connectivity index (χ0v) is 17.0. The number of hydrogen-bond acceptors (Lipinski definition) is 3. The molecule has 0 aliphatic rings. The first-order valence-corrected chi connectivity index (χ1v) is 10.0. The first-order valence-electron chi connectivity index (χ1n) is 10.0. The summed E-state index contributed by atoms with van der Waals surface area (Å²) in [5.74, 6) is -3.05. The molecule has 0 fully saturated rings. The van der Waals surface area contributed by atoms with Gasteiger partial charge in [-0.3, -0.25) is 4.79 Å². The highest BCUT2D eigenvalue weighted by Gasteiger charge is 2.25. The standard InChI is InChI=1S/C25H16F2N4O2/c26-18-10-11-20(31-25(33)30-19-9-3-6-14-5-1-2-7-15(14)19)22(27)21(18)23(32)17-13-29-24-16(17)8-4-12-28-24/h1-13H,(H,28,29)(H2,30,31,33). The minimum atomic E-state index is -1.16. The molecule has 33 heavy (non-hydrogen) atoms. The minimum Gasteiger partial charge on any atom is -0.345 e. The van der Waals surface area contributed by atoms with Crippen LogP contribution in [0.15, 0.2) is 79.1 Å². The van der Waals surface area contributed by atoms with Crippen molar-refractivity contribution in [3.63, 3.8) is 0 Å². The van der Waals surface area contributed by atoms with Crippen LogP contribution < -0.4 is 10.6 Å². The number of urea groups is 1. The Labute approximate surface area is 186 Å². The van der Waals surface area contributed by atoms with Gasteiger partial charge in [-0.2, -0.15) is 0 Å². The Hall–Kier alpha value is -4.59. The van der Waals surface area contributed by atoms with E-state index in [-0.39, 0.29) is 11.3 Å². The van der Waals surface area contributed by atoms with Gasteiger partial charge in [0.25, 0.3) is 0 Å². The molecule has 0 bridgehead atoms. The predicted molar refractivity (Wildman–Crippen MR) is 122 cm³/mol. The number of carbonyl (C=O) groups is 2. The largest absolute Gasteiger partial charge is 0.345 e. The van der Waals surface area contributed by atoms with Crippen molar-refractivity contribution in [1.82, 2.24) is 9.97 Å². The van der Waals surface area contributed by atoms with Crippen LogP contribution in [0.25, 0.3) is 21.8 Å². The molecule has 0 unspecified atom stereocenters. The van der Waals surface area contributed by atoms with Crippen molar-refractivity contribution in [3.8, 4) is 0 Å². The number of aromatic amines is 1. The zero-order valence-electron chi connectivity index (χ0n) is 17.0. The van der Waals surface area contributed by atoms with Crippen LogP contribution in [0.2, 0.25) is 0 Å². The van der Waals surface area contributed by atoms with Gasteiger partial charge in [0.15, 0.2) is 5.82 Å². The Morgan fingerprint density at radius 2 is 1.58 bits per heavy atom. The smallest absolute Gasteiger partial charge is 0.323 e. The lowest BCUT2D eigenvalue weighted by Crippen LogP contribution is -2.21. The molecule has 2 heterocycles. The van der Waals surface area contributed by atoms with E-state index < -0.39 is 29.0 Å². The van der Waals surface area contributed by atoms with Crippen molar-refractivity contribution < 1.29 is 18.4 Å². The van der Waals surface area contributed by atoms with Crippen LogP contribution in [0.5, 0.6) is 0 Å². The van der Waals surface area contributed by atoms with E-state index >= 15 is 4.39 Å². The molecule has 3 aromatic carbocycles. The third-order valence-corrected chi connectivity index (χ3v) is 5.30. The number of H-pyrrole nitrogens is 1. The second-order valence-corrected chi connectivity index (χ2v) is 7.32. The zero-order chi connectivity index (χ0) is 22.9. The van der Waals surface area contributed by atoms with E-state index in [2.05, 4.69) is 20.6 Å². The molecular formula is C25H16F2N4O2. The van der Waals surface area contributed by atoms with Gasteiger partial charge in [0.1, 0.15) is 11.5 Å². The minimum absolute atomic E-state index is 0.0771. The molecular weight excluding hydrogens is 426 g/mol. The van der Waals surface area contributed by atoms with E-state index in [1.165, 1.54) is 12.4 Å². The summed E-state index contributed by atoms with van der Waals surface area (Å²) in [5.41, 5.74) is -0.0625. The Morgan fingerprint density at radius 1 is 0.818 bits per heavy atom. The summed E-state index contributed by atoms with van der Waals surface area (Å²) in [7, 11) is 0. The van der Waals surface area contributed by atoms with E-state index in [1.54, 1.807) is 24.3 Å². The fourth-order valence-electron chi connectivity index (χ4n) is 3.75. The molecule has 2 aromatic heterocycles. The number of ketones is 1. The summed E-state index contributed by atoms with van der Waals surface area (Å²) < 4.78 is 29.7. The van der Waals surface area contributed by atoms with Crippen LogP contribution >= 0.6 is 0 Å². The Morgan fingerprint density at radius 3 is 2.45 bits per heavy atom. The van der Waals surface area contributed by atoms with Crippen LogP contribution in [0, 0.1) is 11.6 Å². The molecule has 162 valence electrons. The summed E-state index contributed by atoms with van der Waals surface area (Å²) in [5, 5.41) is 7.19. The number of rotatable bonds is 4. The van der Waals surface area contributed by atoms with Crippen molar-refractivity contribution >= 4 is 45.0 Å². The number of aromatic nitrogens is 2. The first kappa shape index (κ1) is 20.3. The number of nitrogens with one attached hydrogen (secondary N) is 3. The lowest BCUT2D eigenvalue weighted by Gasteiger charge is -2.12. The van der Waals surface area contributed by atoms with Gasteiger partial charge in [0.05, 0.1) is 16.9 Å². The monoisotopic (exact) mass is 442 g/mol. The molecule has 5 rings (SSSR count). The molecule has 2 amide bonds. The second-order valence-electron chi connectivity index (χ2n) is 7.32. The quantitative estimate of drug-likeness (QED) is 0.304. The Kier molecular flexibility index (Phi) is 5.02. The number of hydrogen-bond donors (Lipinski definition) is 3. The molecule has 3 N–H and O–H groups in total. The van der Waals surface area contributed by atoms with Crippen LogP contribution in [0.3, 0.4) is 0 Å². The van der Waals surface area contributed by atoms with Crippen molar-refractivity contribution in [2.75, 3.05) is 10.6 Å². The number of anilines is 2. The van der Waals surface area contributed by atoms with Gasteiger partial charge in [-0.05, 0) is 35.7 Å². The number of amides is 2. The van der Waals surface area contributed by atoms with Gasteiger partial charge in [0, 0.05) is 28.7 Å². The van der Waals surface area contributed by atoms with Gasteiger partial charge in [-0.1, -0.05) is 36.4 Å². The SMILES string of the molecule is O=C(Nc1ccc(F)c(C(=O)c2c[nH]c3ncccc23)c1F)Nc1cccc2ccccc12. The number of fused-ring (bicyclic) bond motifs is 2. The molecule has 6 nitrogen and oxygen atoms in total. The van der Waals surface area contributed by atoms with Gasteiger partial charge in [-0.15, -0.1) is 0 Å². The van der Waals surface area contributed by atoms with E-state index in [0.29, 0.717) is 16.7 Å². The average Bonchev–Trinajstić information content (AvgIpc) is 3.25. The van der Waals surface area contributed by atoms with Gasteiger partial charge in [-0.25, -0.2) is 18.6 Å². The third-order valence-electron chi connectivity index (χ3n) is 5.30. The topological polar surface area (TPSA) is 86.9 Å². The molecule has 0 radical (unpaired) electrons. The predicted octanol–water partition coefficient (Wildman–Crippen LogP) is 5.87. The van der Waals surface area contributed by atoms with Crippen LogP contribution in [0.1, 0.15) is 15.9 Å². The molecule has 0 spiro atoms. The maximum atomic E-state index is 15.2. The van der Waals surface area contributed by atoms with Crippen molar-refractivity contribution in [2.24, 2.45) is 0 Å². The van der Waals surface area contributed by atoms with Crippen molar-refractivity contribution in [2.45, 2.75) is 0 Å². The van der Waals surface area contributed by atoms with E-state index in [1.807, 2.05) is 30.3 Å².